The Bertz CT molecular complexity index is 1480. The van der Waals surface area contributed by atoms with Crippen molar-refractivity contribution in [2.45, 2.75) is 93.9 Å². The van der Waals surface area contributed by atoms with Crippen LogP contribution < -0.4 is 0 Å². The van der Waals surface area contributed by atoms with Gasteiger partial charge in [0.1, 0.15) is 16.7 Å². The summed E-state index contributed by atoms with van der Waals surface area (Å²) in [4.78, 5) is 44.9. The number of aromatic hydroxyl groups is 2. The lowest BCUT2D eigenvalue weighted by Gasteiger charge is -2.60. The van der Waals surface area contributed by atoms with Crippen molar-refractivity contribution in [1.82, 2.24) is 0 Å². The van der Waals surface area contributed by atoms with Crippen molar-refractivity contribution in [3.05, 3.63) is 76.9 Å². The van der Waals surface area contributed by atoms with Gasteiger partial charge in [-0.15, -0.1) is 6.58 Å². The second-order valence-corrected chi connectivity index (χ2v) is 14.3. The van der Waals surface area contributed by atoms with Crippen molar-refractivity contribution in [3.63, 3.8) is 0 Å². The molecule has 2 aliphatic rings. The maximum atomic E-state index is 15.2. The van der Waals surface area contributed by atoms with E-state index in [9.17, 15) is 24.9 Å². The molecule has 6 heteroatoms. The lowest BCUT2D eigenvalue weighted by atomic mass is 9.38. The SMILES string of the molecule is C=C(C)CC[C@H](C[C@@]12C[C@H](CC=C(C)C)C(C)(C)[C@@](CC=C(C)C)(C(=O)C(=C(O)c3ccc(O)c(O)c3)C1=O)C2=O)C(=C)C. The zero-order chi connectivity index (χ0) is 33.4. The predicted octanol–water partition coefficient (Wildman–Crippen LogP) is 8.76. The molecular weight excluding hydrogens is 552 g/mol. The lowest BCUT2D eigenvalue weighted by Crippen LogP contribution is -2.69. The Labute approximate surface area is 263 Å². The molecule has 0 aromatic heterocycles. The Morgan fingerprint density at radius 3 is 2.09 bits per heavy atom. The number of benzene rings is 1. The molecule has 0 spiro atoms. The van der Waals surface area contributed by atoms with Crippen molar-refractivity contribution >= 4 is 23.1 Å². The minimum Gasteiger partial charge on any atom is -0.506 e. The van der Waals surface area contributed by atoms with Crippen LogP contribution in [0.15, 0.2) is 71.4 Å². The van der Waals surface area contributed by atoms with Gasteiger partial charge in [0.15, 0.2) is 28.8 Å². The van der Waals surface area contributed by atoms with Crippen LogP contribution in [-0.4, -0.2) is 32.7 Å². The highest BCUT2D eigenvalue weighted by atomic mass is 16.3. The molecule has 0 radical (unpaired) electrons. The third-order valence-electron chi connectivity index (χ3n) is 10.1. The van der Waals surface area contributed by atoms with Crippen LogP contribution in [0.5, 0.6) is 11.5 Å². The van der Waals surface area contributed by atoms with E-state index in [1.807, 2.05) is 61.5 Å². The first-order valence-electron chi connectivity index (χ1n) is 15.5. The molecule has 238 valence electrons. The molecule has 1 aromatic carbocycles. The van der Waals surface area contributed by atoms with E-state index in [0.29, 0.717) is 19.3 Å². The smallest absolute Gasteiger partial charge is 0.184 e. The van der Waals surface area contributed by atoms with E-state index in [4.69, 9.17) is 0 Å². The highest BCUT2D eigenvalue weighted by Crippen LogP contribution is 2.66. The van der Waals surface area contributed by atoms with Crippen molar-refractivity contribution < 1.29 is 29.7 Å². The highest BCUT2D eigenvalue weighted by Gasteiger charge is 2.74. The lowest BCUT2D eigenvalue weighted by molar-refractivity contribution is -0.177. The summed E-state index contributed by atoms with van der Waals surface area (Å²) in [5.41, 5.74) is -0.587. The van der Waals surface area contributed by atoms with Crippen LogP contribution in [0.1, 0.15) is 99.5 Å². The van der Waals surface area contributed by atoms with Crippen LogP contribution in [0, 0.1) is 28.1 Å². The summed E-state index contributed by atoms with van der Waals surface area (Å²) < 4.78 is 0. The fourth-order valence-electron chi connectivity index (χ4n) is 7.19. The van der Waals surface area contributed by atoms with Gasteiger partial charge < -0.3 is 15.3 Å². The first kappa shape index (κ1) is 34.8. The monoisotopic (exact) mass is 602 g/mol. The zero-order valence-corrected chi connectivity index (χ0v) is 27.8. The van der Waals surface area contributed by atoms with Gasteiger partial charge in [0.05, 0.1) is 5.41 Å². The molecule has 2 aliphatic carbocycles. The average molecular weight is 603 g/mol. The van der Waals surface area contributed by atoms with Crippen molar-refractivity contribution in [2.24, 2.45) is 28.1 Å². The van der Waals surface area contributed by atoms with E-state index in [1.165, 1.54) is 12.1 Å². The molecule has 0 amide bonds. The molecule has 0 unspecified atom stereocenters. The normalized spacial score (nSPS) is 26.1. The molecule has 0 saturated heterocycles. The standard InChI is InChI=1S/C38H50O6/c1-22(2)11-13-27(25(7)8)20-37-21-28(15-12-23(3)4)36(9,10)38(35(37)44,18-17-24(5)6)34(43)31(33(37)42)32(41)26-14-16-29(39)30(40)19-26/h12,14,16-17,19,27-28,39-41H,1,7,11,13,15,18,20-21H2,2-6,8-10H3/t27-,28+,37-,38+/m1/s1. The second-order valence-electron chi connectivity index (χ2n) is 14.3. The summed E-state index contributed by atoms with van der Waals surface area (Å²) in [6.07, 6.45) is 6.46. The van der Waals surface area contributed by atoms with E-state index in [-0.39, 0.29) is 42.4 Å². The topological polar surface area (TPSA) is 112 Å². The number of carbonyl (C=O) groups excluding carboxylic acids is 3. The van der Waals surface area contributed by atoms with E-state index in [1.54, 1.807) is 0 Å². The number of ketones is 3. The summed E-state index contributed by atoms with van der Waals surface area (Å²) in [6.45, 7) is 23.8. The van der Waals surface area contributed by atoms with Crippen LogP contribution in [0.3, 0.4) is 0 Å². The Morgan fingerprint density at radius 1 is 0.955 bits per heavy atom. The molecule has 2 fully saturated rings. The van der Waals surface area contributed by atoms with Gasteiger partial charge in [0, 0.05) is 5.56 Å². The molecule has 44 heavy (non-hydrogen) atoms. The van der Waals surface area contributed by atoms with Gasteiger partial charge in [-0.3, -0.25) is 14.4 Å². The minimum absolute atomic E-state index is 0.00886. The summed E-state index contributed by atoms with van der Waals surface area (Å²) in [5, 5.41) is 31.7. The van der Waals surface area contributed by atoms with E-state index in [2.05, 4.69) is 19.2 Å². The first-order valence-corrected chi connectivity index (χ1v) is 15.5. The number of fused-ring (bicyclic) bond motifs is 2. The molecule has 3 N–H and O–H groups in total. The van der Waals surface area contributed by atoms with E-state index < -0.39 is 50.6 Å². The molecule has 6 nitrogen and oxygen atoms in total. The van der Waals surface area contributed by atoms with Crippen LogP contribution in [0.4, 0.5) is 0 Å². The van der Waals surface area contributed by atoms with E-state index >= 15 is 4.79 Å². The zero-order valence-electron chi connectivity index (χ0n) is 27.8. The fourth-order valence-corrected chi connectivity index (χ4v) is 7.19. The Hall–Kier alpha value is -3.67. The summed E-state index contributed by atoms with van der Waals surface area (Å²) in [6, 6.07) is 3.64. The van der Waals surface area contributed by atoms with Gasteiger partial charge in [-0.2, -0.15) is 0 Å². The van der Waals surface area contributed by atoms with Gasteiger partial charge in [0.25, 0.3) is 0 Å². The van der Waals surface area contributed by atoms with Crippen LogP contribution in [0.2, 0.25) is 0 Å². The van der Waals surface area contributed by atoms with Gasteiger partial charge in [-0.25, -0.2) is 0 Å². The number of rotatable bonds is 11. The molecular formula is C38H50O6. The summed E-state index contributed by atoms with van der Waals surface area (Å²) >= 11 is 0. The molecule has 2 bridgehead atoms. The van der Waals surface area contributed by atoms with Crippen molar-refractivity contribution in [1.29, 1.82) is 0 Å². The van der Waals surface area contributed by atoms with Gasteiger partial charge in [-0.1, -0.05) is 54.9 Å². The van der Waals surface area contributed by atoms with Crippen LogP contribution in [0.25, 0.3) is 5.76 Å². The van der Waals surface area contributed by atoms with Gasteiger partial charge >= 0.3 is 0 Å². The first-order chi connectivity index (χ1) is 20.3. The highest BCUT2D eigenvalue weighted by molar-refractivity contribution is 6.41. The Morgan fingerprint density at radius 2 is 1.57 bits per heavy atom. The maximum Gasteiger partial charge on any atom is 0.184 e. The second kappa shape index (κ2) is 12.7. The maximum absolute atomic E-state index is 15.2. The number of phenols is 2. The fraction of sp³-hybridized carbons (Fsp3) is 0.500. The Balaban J connectivity index is 2.45. The molecule has 3 rings (SSSR count). The van der Waals surface area contributed by atoms with E-state index in [0.717, 1.165) is 28.4 Å². The molecule has 0 aliphatic heterocycles. The molecule has 1 aromatic rings. The number of Topliss-reactive ketones (excluding diaryl/α,β-unsaturated/α-hetero) is 3. The van der Waals surface area contributed by atoms with Gasteiger partial charge in [-0.05, 0) is 116 Å². The number of phenolic OH excluding ortho intramolecular Hbond substituents is 2. The molecule has 4 atom stereocenters. The molecule has 0 heterocycles. The quantitative estimate of drug-likeness (QED) is 0.0583. The molecule has 2 saturated carbocycles. The predicted molar refractivity (Wildman–Crippen MR) is 176 cm³/mol. The van der Waals surface area contributed by atoms with Crippen molar-refractivity contribution in [3.8, 4) is 11.5 Å². The average Bonchev–Trinajstić information content (AvgIpc) is 2.91. The van der Waals surface area contributed by atoms with Crippen LogP contribution in [-0.2, 0) is 14.4 Å². The number of hydrogen-bond donors (Lipinski definition) is 3. The van der Waals surface area contributed by atoms with Gasteiger partial charge in [0.2, 0.25) is 0 Å². The third kappa shape index (κ3) is 6.00. The number of aliphatic hydroxyl groups excluding tert-OH is 1. The number of aliphatic hydroxyl groups is 1. The minimum atomic E-state index is -1.62. The summed E-state index contributed by atoms with van der Waals surface area (Å²) in [7, 11) is 0. The number of hydrogen-bond acceptors (Lipinski definition) is 6. The van der Waals surface area contributed by atoms with Crippen molar-refractivity contribution in [2.75, 3.05) is 0 Å². The largest absolute Gasteiger partial charge is 0.506 e. The number of allylic oxidation sites excluding steroid dienone is 7. The summed E-state index contributed by atoms with van der Waals surface area (Å²) in [5.74, 6) is -3.61. The van der Waals surface area contributed by atoms with Crippen LogP contribution >= 0.6 is 0 Å². The third-order valence-corrected chi connectivity index (χ3v) is 10.1. The Kier molecular flexibility index (Phi) is 10.1. The number of carbonyl (C=O) groups is 3.